The number of benzene rings is 1. The van der Waals surface area contributed by atoms with Crippen LogP contribution in [0.4, 0.5) is 0 Å². The number of hydrogen-bond acceptors (Lipinski definition) is 5. The van der Waals surface area contributed by atoms with Gasteiger partial charge in [0, 0.05) is 25.2 Å². The standard InChI is InChI=1S/C15H20N2O4/c16-11-3-6-17(7-4-11)15(18)5-8-19-12-1-2-13-14(9-12)21-10-20-13/h1-2,9,11H,3-8,10,16H2. The van der Waals surface area contributed by atoms with E-state index in [-0.39, 0.29) is 18.7 Å². The van der Waals surface area contributed by atoms with E-state index in [2.05, 4.69) is 0 Å². The molecule has 2 aliphatic heterocycles. The van der Waals surface area contributed by atoms with Crippen LogP contribution in [0.2, 0.25) is 0 Å². The van der Waals surface area contributed by atoms with Gasteiger partial charge in [0.1, 0.15) is 5.75 Å². The van der Waals surface area contributed by atoms with Crippen molar-refractivity contribution < 1.29 is 19.0 Å². The molecule has 3 rings (SSSR count). The van der Waals surface area contributed by atoms with E-state index in [0.29, 0.717) is 24.5 Å². The van der Waals surface area contributed by atoms with E-state index in [9.17, 15) is 4.79 Å². The lowest BCUT2D eigenvalue weighted by Gasteiger charge is -2.30. The topological polar surface area (TPSA) is 74.0 Å². The number of likely N-dealkylation sites (tertiary alicyclic amines) is 1. The van der Waals surface area contributed by atoms with E-state index >= 15 is 0 Å². The number of carbonyl (C=O) groups excluding carboxylic acids is 1. The average molecular weight is 292 g/mol. The highest BCUT2D eigenvalue weighted by Gasteiger charge is 2.20. The summed E-state index contributed by atoms with van der Waals surface area (Å²) < 4.78 is 16.1. The van der Waals surface area contributed by atoms with E-state index < -0.39 is 0 Å². The summed E-state index contributed by atoms with van der Waals surface area (Å²) >= 11 is 0. The summed E-state index contributed by atoms with van der Waals surface area (Å²) in [5.41, 5.74) is 5.83. The quantitative estimate of drug-likeness (QED) is 0.900. The van der Waals surface area contributed by atoms with Crippen LogP contribution in [0.3, 0.4) is 0 Å². The maximum absolute atomic E-state index is 12.0. The van der Waals surface area contributed by atoms with Crippen LogP contribution in [0, 0.1) is 0 Å². The van der Waals surface area contributed by atoms with Crippen molar-refractivity contribution in [3.8, 4) is 17.2 Å². The summed E-state index contributed by atoms with van der Waals surface area (Å²) in [7, 11) is 0. The highest BCUT2D eigenvalue weighted by Crippen LogP contribution is 2.35. The fraction of sp³-hybridized carbons (Fsp3) is 0.533. The average Bonchev–Trinajstić information content (AvgIpc) is 2.95. The third kappa shape index (κ3) is 3.39. The zero-order valence-corrected chi connectivity index (χ0v) is 11.9. The molecule has 1 saturated heterocycles. The van der Waals surface area contributed by atoms with Gasteiger partial charge in [0.05, 0.1) is 13.0 Å². The summed E-state index contributed by atoms with van der Waals surface area (Å²) in [4.78, 5) is 13.9. The summed E-state index contributed by atoms with van der Waals surface area (Å²) in [6, 6.07) is 5.65. The molecule has 0 spiro atoms. The number of nitrogens with zero attached hydrogens (tertiary/aromatic N) is 1. The Morgan fingerprint density at radius 1 is 1.29 bits per heavy atom. The largest absolute Gasteiger partial charge is 0.493 e. The van der Waals surface area contributed by atoms with Crippen LogP contribution in [0.15, 0.2) is 18.2 Å². The Balaban J connectivity index is 1.44. The van der Waals surface area contributed by atoms with E-state index in [1.807, 2.05) is 17.0 Å². The second kappa shape index (κ2) is 6.22. The van der Waals surface area contributed by atoms with Crippen molar-refractivity contribution in [2.75, 3.05) is 26.5 Å². The fourth-order valence-corrected chi connectivity index (χ4v) is 2.53. The minimum atomic E-state index is 0.127. The van der Waals surface area contributed by atoms with Crippen LogP contribution in [0.1, 0.15) is 19.3 Å². The highest BCUT2D eigenvalue weighted by atomic mass is 16.7. The molecule has 0 saturated carbocycles. The Kier molecular flexibility index (Phi) is 4.15. The first-order valence-corrected chi connectivity index (χ1v) is 7.28. The first kappa shape index (κ1) is 14.0. The van der Waals surface area contributed by atoms with Gasteiger partial charge in [0.15, 0.2) is 11.5 Å². The Morgan fingerprint density at radius 3 is 2.86 bits per heavy atom. The maximum Gasteiger partial charge on any atom is 0.231 e. The molecule has 1 amide bonds. The number of ether oxygens (including phenoxy) is 3. The summed E-state index contributed by atoms with van der Waals surface area (Å²) in [5.74, 6) is 2.22. The lowest BCUT2D eigenvalue weighted by atomic mass is 10.1. The predicted octanol–water partition coefficient (Wildman–Crippen LogP) is 1.13. The van der Waals surface area contributed by atoms with Gasteiger partial charge in [-0.2, -0.15) is 0 Å². The van der Waals surface area contributed by atoms with Crippen molar-refractivity contribution in [2.24, 2.45) is 5.73 Å². The first-order chi connectivity index (χ1) is 10.2. The lowest BCUT2D eigenvalue weighted by molar-refractivity contribution is -0.132. The molecule has 6 heteroatoms. The molecule has 2 N–H and O–H groups in total. The third-order valence-corrected chi connectivity index (χ3v) is 3.82. The molecule has 1 aromatic rings. The molecule has 2 heterocycles. The molecule has 21 heavy (non-hydrogen) atoms. The molecule has 2 aliphatic rings. The van der Waals surface area contributed by atoms with Crippen molar-refractivity contribution in [1.82, 2.24) is 4.90 Å². The zero-order chi connectivity index (χ0) is 14.7. The molecule has 1 aromatic carbocycles. The summed E-state index contributed by atoms with van der Waals surface area (Å²) in [6.45, 7) is 2.11. The molecule has 114 valence electrons. The number of nitrogens with two attached hydrogens (primary N) is 1. The van der Waals surface area contributed by atoms with Crippen LogP contribution in [0.5, 0.6) is 17.2 Å². The normalized spacial score (nSPS) is 17.9. The van der Waals surface area contributed by atoms with E-state index in [4.69, 9.17) is 19.9 Å². The summed E-state index contributed by atoms with van der Waals surface area (Å²) in [6.07, 6.45) is 2.15. The van der Waals surface area contributed by atoms with Crippen molar-refractivity contribution in [3.05, 3.63) is 18.2 Å². The van der Waals surface area contributed by atoms with Gasteiger partial charge < -0.3 is 24.8 Å². The van der Waals surface area contributed by atoms with E-state index in [1.165, 1.54) is 0 Å². The molecule has 0 aromatic heterocycles. The Morgan fingerprint density at radius 2 is 2.05 bits per heavy atom. The molecule has 0 unspecified atom stereocenters. The van der Waals surface area contributed by atoms with Gasteiger partial charge in [0.25, 0.3) is 0 Å². The fourth-order valence-electron chi connectivity index (χ4n) is 2.53. The molecule has 0 bridgehead atoms. The van der Waals surface area contributed by atoms with Crippen LogP contribution in [-0.2, 0) is 4.79 Å². The van der Waals surface area contributed by atoms with Crippen molar-refractivity contribution >= 4 is 5.91 Å². The number of fused-ring (bicyclic) bond motifs is 1. The molecular weight excluding hydrogens is 272 g/mol. The lowest BCUT2D eigenvalue weighted by Crippen LogP contribution is -2.43. The minimum Gasteiger partial charge on any atom is -0.493 e. The molecule has 6 nitrogen and oxygen atoms in total. The van der Waals surface area contributed by atoms with Gasteiger partial charge in [-0.15, -0.1) is 0 Å². The SMILES string of the molecule is NC1CCN(C(=O)CCOc2ccc3c(c2)OCO3)CC1. The van der Waals surface area contributed by atoms with Crippen LogP contribution >= 0.6 is 0 Å². The smallest absolute Gasteiger partial charge is 0.231 e. The molecule has 0 aliphatic carbocycles. The van der Waals surface area contributed by atoms with E-state index in [1.54, 1.807) is 6.07 Å². The van der Waals surface area contributed by atoms with Crippen LogP contribution in [0.25, 0.3) is 0 Å². The second-order valence-corrected chi connectivity index (χ2v) is 5.33. The second-order valence-electron chi connectivity index (χ2n) is 5.33. The number of amides is 1. The monoisotopic (exact) mass is 292 g/mol. The predicted molar refractivity (Wildman–Crippen MR) is 76.5 cm³/mol. The molecule has 0 radical (unpaired) electrons. The summed E-state index contributed by atoms with van der Waals surface area (Å²) in [5, 5.41) is 0. The number of carbonyl (C=O) groups is 1. The number of piperidine rings is 1. The molecule has 0 atom stereocenters. The van der Waals surface area contributed by atoms with E-state index in [0.717, 1.165) is 31.7 Å². The van der Waals surface area contributed by atoms with Crippen LogP contribution in [-0.4, -0.2) is 43.3 Å². The van der Waals surface area contributed by atoms with Gasteiger partial charge in [-0.3, -0.25) is 4.79 Å². The van der Waals surface area contributed by atoms with Gasteiger partial charge in [-0.05, 0) is 25.0 Å². The van der Waals surface area contributed by atoms with Gasteiger partial charge in [-0.25, -0.2) is 0 Å². The van der Waals surface area contributed by atoms with Crippen molar-refractivity contribution in [1.29, 1.82) is 0 Å². The molecule has 1 fully saturated rings. The highest BCUT2D eigenvalue weighted by molar-refractivity contribution is 5.76. The van der Waals surface area contributed by atoms with Crippen LogP contribution < -0.4 is 19.9 Å². The van der Waals surface area contributed by atoms with Gasteiger partial charge in [-0.1, -0.05) is 0 Å². The van der Waals surface area contributed by atoms with Crippen molar-refractivity contribution in [2.45, 2.75) is 25.3 Å². The molecular formula is C15H20N2O4. The zero-order valence-electron chi connectivity index (χ0n) is 11.9. The van der Waals surface area contributed by atoms with Gasteiger partial charge in [0.2, 0.25) is 12.7 Å². The number of rotatable bonds is 4. The Bertz CT molecular complexity index is 512. The van der Waals surface area contributed by atoms with Crippen molar-refractivity contribution in [3.63, 3.8) is 0 Å². The first-order valence-electron chi connectivity index (χ1n) is 7.28. The third-order valence-electron chi connectivity index (χ3n) is 3.82. The minimum absolute atomic E-state index is 0.127. The maximum atomic E-state index is 12.0. The van der Waals surface area contributed by atoms with Gasteiger partial charge >= 0.3 is 0 Å². The Labute approximate surface area is 123 Å². The Hall–Kier alpha value is -1.95. The number of hydrogen-bond donors (Lipinski definition) is 1.